The summed E-state index contributed by atoms with van der Waals surface area (Å²) in [7, 11) is 0. The number of nitrogens with one attached hydrogen (secondary N) is 2. The molecule has 1 aromatic heterocycles. The van der Waals surface area contributed by atoms with Crippen LogP contribution in [0.15, 0.2) is 23.1 Å². The number of pyridine rings is 1. The topological polar surface area (TPSA) is 82.2 Å². The SMILES string of the molecule is Cc1cc(F)cc2c(=O)c(C(=O)NC(CCO)C(C)C)c[nH]c12. The number of hydrogen-bond donors (Lipinski definition) is 3. The molecule has 6 heteroatoms. The summed E-state index contributed by atoms with van der Waals surface area (Å²) in [5.74, 6) is -0.925. The number of amides is 1. The van der Waals surface area contributed by atoms with E-state index >= 15 is 0 Å². The summed E-state index contributed by atoms with van der Waals surface area (Å²) < 4.78 is 13.5. The molecule has 2 rings (SSSR count). The lowest BCUT2D eigenvalue weighted by molar-refractivity contribution is 0.0915. The standard InChI is InChI=1S/C17H21FN2O3/c1-9(2)14(4-5-21)20-17(23)13-8-19-15-10(3)6-11(18)7-12(15)16(13)22/h6-9,14,21H,4-5H2,1-3H3,(H,19,22)(H,20,23). The molecule has 1 atom stereocenters. The van der Waals surface area contributed by atoms with Crippen molar-refractivity contribution >= 4 is 16.8 Å². The van der Waals surface area contributed by atoms with Crippen LogP contribution in [-0.2, 0) is 0 Å². The van der Waals surface area contributed by atoms with Crippen molar-refractivity contribution in [3.05, 3.63) is 45.5 Å². The van der Waals surface area contributed by atoms with Crippen molar-refractivity contribution in [3.8, 4) is 0 Å². The molecule has 124 valence electrons. The Balaban J connectivity index is 2.42. The number of aromatic nitrogens is 1. The van der Waals surface area contributed by atoms with Crippen LogP contribution >= 0.6 is 0 Å². The zero-order valence-corrected chi connectivity index (χ0v) is 13.4. The van der Waals surface area contributed by atoms with Gasteiger partial charge in [-0.25, -0.2) is 4.39 Å². The van der Waals surface area contributed by atoms with Crippen LogP contribution in [0.2, 0.25) is 0 Å². The van der Waals surface area contributed by atoms with Gasteiger partial charge in [-0.3, -0.25) is 9.59 Å². The summed E-state index contributed by atoms with van der Waals surface area (Å²) in [4.78, 5) is 27.7. The first kappa shape index (κ1) is 17.1. The average Bonchev–Trinajstić information content (AvgIpc) is 2.47. The van der Waals surface area contributed by atoms with Crippen molar-refractivity contribution in [2.45, 2.75) is 33.2 Å². The summed E-state index contributed by atoms with van der Waals surface area (Å²) >= 11 is 0. The van der Waals surface area contributed by atoms with Gasteiger partial charge in [-0.2, -0.15) is 0 Å². The largest absolute Gasteiger partial charge is 0.396 e. The third kappa shape index (κ3) is 3.59. The van der Waals surface area contributed by atoms with Crippen molar-refractivity contribution in [1.82, 2.24) is 10.3 Å². The molecule has 0 aliphatic carbocycles. The summed E-state index contributed by atoms with van der Waals surface area (Å²) in [5.41, 5.74) is 0.546. The summed E-state index contributed by atoms with van der Waals surface area (Å²) in [5, 5.41) is 12.0. The van der Waals surface area contributed by atoms with Gasteiger partial charge in [0, 0.05) is 24.2 Å². The van der Waals surface area contributed by atoms with Crippen LogP contribution in [0.25, 0.3) is 10.9 Å². The van der Waals surface area contributed by atoms with Gasteiger partial charge in [0.05, 0.1) is 5.52 Å². The number of aliphatic hydroxyl groups is 1. The van der Waals surface area contributed by atoms with Gasteiger partial charge in [0.1, 0.15) is 11.4 Å². The Kier molecular flexibility index (Phi) is 5.15. The van der Waals surface area contributed by atoms with Gasteiger partial charge in [-0.05, 0) is 37.0 Å². The molecule has 1 aromatic carbocycles. The predicted octanol–water partition coefficient (Wildman–Crippen LogP) is 2.11. The molecule has 1 unspecified atom stereocenters. The van der Waals surface area contributed by atoms with Gasteiger partial charge in [0.25, 0.3) is 5.91 Å². The van der Waals surface area contributed by atoms with Crippen molar-refractivity contribution in [1.29, 1.82) is 0 Å². The monoisotopic (exact) mass is 320 g/mol. The van der Waals surface area contributed by atoms with E-state index in [1.165, 1.54) is 12.3 Å². The third-order valence-electron chi connectivity index (χ3n) is 3.96. The van der Waals surface area contributed by atoms with E-state index in [0.717, 1.165) is 6.07 Å². The lowest BCUT2D eigenvalue weighted by Gasteiger charge is -2.21. The van der Waals surface area contributed by atoms with E-state index in [0.29, 0.717) is 17.5 Å². The first-order valence-electron chi connectivity index (χ1n) is 7.58. The Labute approximate surface area is 133 Å². The highest BCUT2D eigenvalue weighted by Gasteiger charge is 2.20. The van der Waals surface area contributed by atoms with Crippen LogP contribution in [-0.4, -0.2) is 28.6 Å². The number of hydrogen-bond acceptors (Lipinski definition) is 3. The Morgan fingerprint density at radius 3 is 2.70 bits per heavy atom. The first-order chi connectivity index (χ1) is 10.8. The minimum atomic E-state index is -0.526. The van der Waals surface area contributed by atoms with E-state index < -0.39 is 17.2 Å². The van der Waals surface area contributed by atoms with E-state index in [1.807, 2.05) is 13.8 Å². The van der Waals surface area contributed by atoms with E-state index in [9.17, 15) is 14.0 Å². The number of aliphatic hydroxyl groups excluding tert-OH is 1. The van der Waals surface area contributed by atoms with Gasteiger partial charge < -0.3 is 15.4 Å². The number of halogens is 1. The smallest absolute Gasteiger partial charge is 0.256 e. The molecule has 0 spiro atoms. The van der Waals surface area contributed by atoms with Gasteiger partial charge >= 0.3 is 0 Å². The highest BCUT2D eigenvalue weighted by Crippen LogP contribution is 2.16. The molecule has 0 aliphatic rings. The molecule has 1 amide bonds. The highest BCUT2D eigenvalue weighted by molar-refractivity contribution is 5.97. The highest BCUT2D eigenvalue weighted by atomic mass is 19.1. The second-order valence-corrected chi connectivity index (χ2v) is 6.01. The summed E-state index contributed by atoms with van der Waals surface area (Å²) in [6.45, 7) is 5.48. The molecular formula is C17H21FN2O3. The Hall–Kier alpha value is -2.21. The van der Waals surface area contributed by atoms with Crippen LogP contribution in [0.3, 0.4) is 0 Å². The molecule has 0 bridgehead atoms. The van der Waals surface area contributed by atoms with Crippen LogP contribution in [0, 0.1) is 18.7 Å². The van der Waals surface area contributed by atoms with E-state index in [4.69, 9.17) is 5.11 Å². The number of rotatable bonds is 5. The number of carbonyl (C=O) groups is 1. The molecule has 2 aromatic rings. The number of benzene rings is 1. The molecule has 1 heterocycles. The molecule has 0 fully saturated rings. The quantitative estimate of drug-likeness (QED) is 0.789. The number of aryl methyl sites for hydroxylation is 1. The number of H-pyrrole nitrogens is 1. The fourth-order valence-corrected chi connectivity index (χ4v) is 2.59. The number of carbonyl (C=O) groups excluding carboxylic acids is 1. The molecule has 5 nitrogen and oxygen atoms in total. The molecule has 0 radical (unpaired) electrons. The van der Waals surface area contributed by atoms with Crippen LogP contribution in [0.1, 0.15) is 36.2 Å². The van der Waals surface area contributed by atoms with Gasteiger partial charge in [-0.1, -0.05) is 13.8 Å². The van der Waals surface area contributed by atoms with Crippen molar-refractivity contribution in [3.63, 3.8) is 0 Å². The van der Waals surface area contributed by atoms with E-state index in [2.05, 4.69) is 10.3 Å². The minimum absolute atomic E-state index is 0.0540. The lowest BCUT2D eigenvalue weighted by Crippen LogP contribution is -2.41. The summed E-state index contributed by atoms with van der Waals surface area (Å²) in [6.07, 6.45) is 1.75. The third-order valence-corrected chi connectivity index (χ3v) is 3.96. The number of aromatic amines is 1. The average molecular weight is 320 g/mol. The maximum absolute atomic E-state index is 13.5. The van der Waals surface area contributed by atoms with Crippen LogP contribution in [0.4, 0.5) is 4.39 Å². The minimum Gasteiger partial charge on any atom is -0.396 e. The number of fused-ring (bicyclic) bond motifs is 1. The fraction of sp³-hybridized carbons (Fsp3) is 0.412. The predicted molar refractivity (Wildman–Crippen MR) is 87.1 cm³/mol. The van der Waals surface area contributed by atoms with Crippen molar-refractivity contribution < 1.29 is 14.3 Å². The molecule has 0 saturated heterocycles. The molecule has 0 aliphatic heterocycles. The van der Waals surface area contributed by atoms with Gasteiger partial charge in [-0.15, -0.1) is 0 Å². The van der Waals surface area contributed by atoms with Crippen molar-refractivity contribution in [2.24, 2.45) is 5.92 Å². The molecule has 0 saturated carbocycles. The van der Waals surface area contributed by atoms with Crippen LogP contribution in [0.5, 0.6) is 0 Å². The summed E-state index contributed by atoms with van der Waals surface area (Å²) in [6, 6.07) is 2.22. The van der Waals surface area contributed by atoms with Gasteiger partial charge in [0.15, 0.2) is 0 Å². The second-order valence-electron chi connectivity index (χ2n) is 6.01. The van der Waals surface area contributed by atoms with E-state index in [1.54, 1.807) is 6.92 Å². The zero-order chi connectivity index (χ0) is 17.1. The van der Waals surface area contributed by atoms with Crippen LogP contribution < -0.4 is 10.7 Å². The molecule has 3 N–H and O–H groups in total. The molecular weight excluding hydrogens is 299 g/mol. The maximum atomic E-state index is 13.5. The normalized spacial score (nSPS) is 12.6. The Bertz CT molecular complexity index is 783. The van der Waals surface area contributed by atoms with Crippen molar-refractivity contribution in [2.75, 3.05) is 6.61 Å². The lowest BCUT2D eigenvalue weighted by atomic mass is 10.0. The fourth-order valence-electron chi connectivity index (χ4n) is 2.59. The maximum Gasteiger partial charge on any atom is 0.256 e. The Morgan fingerprint density at radius 1 is 1.39 bits per heavy atom. The van der Waals surface area contributed by atoms with Gasteiger partial charge in [0.2, 0.25) is 5.43 Å². The zero-order valence-electron chi connectivity index (χ0n) is 13.4. The molecule has 23 heavy (non-hydrogen) atoms. The Morgan fingerprint density at radius 2 is 2.09 bits per heavy atom. The first-order valence-corrected chi connectivity index (χ1v) is 7.58. The van der Waals surface area contributed by atoms with E-state index in [-0.39, 0.29) is 29.5 Å². The second kappa shape index (κ2) is 6.91.